The summed E-state index contributed by atoms with van der Waals surface area (Å²) in [5.74, 6) is -2.41. The van der Waals surface area contributed by atoms with E-state index in [9.17, 15) is 32.4 Å². The van der Waals surface area contributed by atoms with Gasteiger partial charge < -0.3 is 34.5 Å². The number of fused-ring (bicyclic) bond motifs is 3. The third kappa shape index (κ3) is 10.0. The van der Waals surface area contributed by atoms with Crippen LogP contribution in [0.3, 0.4) is 0 Å². The van der Waals surface area contributed by atoms with Gasteiger partial charge in [-0.3, -0.25) is 19.1 Å². The fourth-order valence-corrected chi connectivity index (χ4v) is 8.62. The van der Waals surface area contributed by atoms with Crippen molar-refractivity contribution in [1.29, 1.82) is 0 Å². The standard InChI is InChI=1S/C40H51N5O11S/c1-6-9-33(46)54-26-11-8-7-10-25-22-40(25,37(49)44-57(51,52)29-14-15-29)43-34(47)32-21-28(55-35-30-16-12-27(53-5)20-24(30)18-19-41-35)23-45(32)36(48)31(17-13-26)42-38(50)56-39(2,3)4/h6-7,9-10,12,16,18-20,25-26,28-29,31-32H,8,11,13-15,17,21-23H2,1-5H3,(H,42,50)(H,43,47)(H,44,49)/t25-,26?,28-,31+,32+,40-/m1/s1. The molecule has 17 heteroatoms. The number of benzene rings is 1. The van der Waals surface area contributed by atoms with Crippen molar-refractivity contribution in [2.75, 3.05) is 13.7 Å². The molecule has 3 fully saturated rings. The molecule has 0 radical (unpaired) electrons. The van der Waals surface area contributed by atoms with Crippen LogP contribution in [-0.4, -0.2) is 102 Å². The summed E-state index contributed by atoms with van der Waals surface area (Å²) in [6.07, 6.45) is 7.57. The molecule has 57 heavy (non-hydrogen) atoms. The minimum Gasteiger partial charge on any atom is -0.497 e. The Morgan fingerprint density at radius 3 is 2.53 bits per heavy atom. The average Bonchev–Trinajstić information content (AvgIpc) is 4.07. The van der Waals surface area contributed by atoms with E-state index in [2.05, 4.69) is 20.3 Å². The number of methoxy groups -OCH3 is 1. The molecule has 6 rings (SSSR count). The Balaban J connectivity index is 1.35. The molecule has 2 aliphatic heterocycles. The number of esters is 1. The summed E-state index contributed by atoms with van der Waals surface area (Å²) in [7, 11) is -2.40. The van der Waals surface area contributed by atoms with E-state index in [0.717, 1.165) is 5.39 Å². The lowest BCUT2D eigenvalue weighted by atomic mass is 10.0. The van der Waals surface area contributed by atoms with Gasteiger partial charge in [0.25, 0.3) is 5.91 Å². The number of carbonyl (C=O) groups excluding carboxylic acids is 5. The normalized spacial score (nSPS) is 27.0. The molecule has 3 N–H and O–H groups in total. The molecular formula is C40H51N5O11S. The molecule has 16 nitrogen and oxygen atoms in total. The Labute approximate surface area is 332 Å². The van der Waals surface area contributed by atoms with Crippen LogP contribution in [0.4, 0.5) is 4.79 Å². The predicted molar refractivity (Wildman–Crippen MR) is 207 cm³/mol. The van der Waals surface area contributed by atoms with Crippen molar-refractivity contribution in [3.63, 3.8) is 0 Å². The van der Waals surface area contributed by atoms with Crippen molar-refractivity contribution < 1.29 is 51.3 Å². The van der Waals surface area contributed by atoms with E-state index < -0.39 is 86.4 Å². The molecule has 6 atom stereocenters. The lowest BCUT2D eigenvalue weighted by molar-refractivity contribution is -0.144. The van der Waals surface area contributed by atoms with Crippen molar-refractivity contribution in [3.05, 3.63) is 54.8 Å². The van der Waals surface area contributed by atoms with Gasteiger partial charge in [-0.25, -0.2) is 23.0 Å². The molecule has 1 saturated heterocycles. The number of aromatic nitrogens is 1. The molecule has 1 aromatic heterocycles. The van der Waals surface area contributed by atoms with E-state index in [1.165, 1.54) is 11.0 Å². The van der Waals surface area contributed by atoms with Crippen LogP contribution in [0, 0.1) is 5.92 Å². The smallest absolute Gasteiger partial charge is 0.408 e. The van der Waals surface area contributed by atoms with Crippen LogP contribution >= 0.6 is 0 Å². The van der Waals surface area contributed by atoms with Crippen LogP contribution in [0.5, 0.6) is 11.6 Å². The number of alkyl carbamates (subject to hydrolysis) is 1. The predicted octanol–water partition coefficient (Wildman–Crippen LogP) is 3.59. The first kappa shape index (κ1) is 41.4. The summed E-state index contributed by atoms with van der Waals surface area (Å²) in [4.78, 5) is 74.5. The van der Waals surface area contributed by atoms with Gasteiger partial charge in [-0.1, -0.05) is 18.2 Å². The summed E-state index contributed by atoms with van der Waals surface area (Å²) in [5.41, 5.74) is -2.50. The number of nitrogens with one attached hydrogen (secondary N) is 3. The largest absolute Gasteiger partial charge is 0.497 e. The fourth-order valence-electron chi connectivity index (χ4n) is 7.25. The number of hydrogen-bond donors (Lipinski definition) is 3. The lowest BCUT2D eigenvalue weighted by Crippen LogP contribution is -2.58. The summed E-state index contributed by atoms with van der Waals surface area (Å²) in [6, 6.07) is 4.74. The highest BCUT2D eigenvalue weighted by atomic mass is 32.2. The van der Waals surface area contributed by atoms with Gasteiger partial charge in [-0.15, -0.1) is 0 Å². The van der Waals surface area contributed by atoms with Crippen LogP contribution in [0.2, 0.25) is 0 Å². The van der Waals surface area contributed by atoms with E-state index >= 15 is 0 Å². The van der Waals surface area contributed by atoms with Gasteiger partial charge in [0.05, 0.1) is 18.9 Å². The molecule has 4 amide bonds. The molecule has 2 saturated carbocycles. The number of carbonyl (C=O) groups is 5. The van der Waals surface area contributed by atoms with Crippen molar-refractivity contribution >= 4 is 50.6 Å². The first-order valence-corrected chi connectivity index (χ1v) is 20.8. The summed E-state index contributed by atoms with van der Waals surface area (Å²) in [5, 5.41) is 6.30. The third-order valence-corrected chi connectivity index (χ3v) is 12.2. The van der Waals surface area contributed by atoms with E-state index in [1.807, 2.05) is 6.07 Å². The zero-order valence-corrected chi connectivity index (χ0v) is 33.6. The first-order chi connectivity index (χ1) is 27.0. The average molecular weight is 810 g/mol. The number of pyridine rings is 1. The molecular weight excluding hydrogens is 759 g/mol. The van der Waals surface area contributed by atoms with E-state index in [0.29, 0.717) is 36.8 Å². The van der Waals surface area contributed by atoms with E-state index in [-0.39, 0.29) is 38.1 Å². The Hall–Kier alpha value is -5.19. The molecule has 2 aliphatic carbocycles. The highest BCUT2D eigenvalue weighted by molar-refractivity contribution is 7.91. The molecule has 1 unspecified atom stereocenters. The Morgan fingerprint density at radius 2 is 1.82 bits per heavy atom. The summed E-state index contributed by atoms with van der Waals surface area (Å²) < 4.78 is 51.0. The monoisotopic (exact) mass is 809 g/mol. The number of ether oxygens (including phenoxy) is 4. The minimum atomic E-state index is -3.96. The number of hydrogen-bond acceptors (Lipinski definition) is 12. The Kier molecular flexibility index (Phi) is 12.2. The quantitative estimate of drug-likeness (QED) is 0.189. The third-order valence-electron chi connectivity index (χ3n) is 10.4. The van der Waals surface area contributed by atoms with Crippen molar-refractivity contribution in [2.24, 2.45) is 5.92 Å². The Morgan fingerprint density at radius 1 is 1.05 bits per heavy atom. The number of allylic oxidation sites excluding steroid dienone is 2. The summed E-state index contributed by atoms with van der Waals surface area (Å²) in [6.45, 7) is 6.63. The zero-order valence-electron chi connectivity index (χ0n) is 32.8. The van der Waals surface area contributed by atoms with E-state index in [4.69, 9.17) is 18.9 Å². The maximum absolute atomic E-state index is 14.7. The number of rotatable bonds is 9. The van der Waals surface area contributed by atoms with Gasteiger partial charge >= 0.3 is 12.1 Å². The van der Waals surface area contributed by atoms with Crippen LogP contribution in [0.15, 0.2) is 54.8 Å². The second-order valence-corrected chi connectivity index (χ2v) is 17.9. The van der Waals surface area contributed by atoms with Crippen LogP contribution < -0.4 is 24.8 Å². The van der Waals surface area contributed by atoms with Gasteiger partial charge in [-0.2, -0.15) is 0 Å². The highest BCUT2D eigenvalue weighted by Gasteiger charge is 2.62. The number of nitrogens with zero attached hydrogens (tertiary/aromatic N) is 2. The summed E-state index contributed by atoms with van der Waals surface area (Å²) >= 11 is 0. The Bertz CT molecular complexity index is 2060. The van der Waals surface area contributed by atoms with Gasteiger partial charge in [0.2, 0.25) is 27.7 Å². The maximum atomic E-state index is 14.7. The van der Waals surface area contributed by atoms with Crippen molar-refractivity contribution in [1.82, 2.24) is 25.2 Å². The fraction of sp³-hybridized carbons (Fsp3) is 0.550. The SMILES string of the molecule is CC=CC(=O)OC1CCC=C[C@@H]2C[C@@]2(C(=O)NS(=O)(=O)C2CC2)NC(=O)[C@@H]2C[C@@H](Oc3nccc4cc(OC)ccc34)CN2C(=O)[C@@H](NC(=O)OC(C)(C)C)CC1. The van der Waals surface area contributed by atoms with Gasteiger partial charge in [0.1, 0.15) is 41.2 Å². The first-order valence-electron chi connectivity index (χ1n) is 19.3. The zero-order chi connectivity index (χ0) is 41.1. The van der Waals surface area contributed by atoms with Gasteiger partial charge in [0, 0.05) is 30.0 Å². The molecule has 3 heterocycles. The van der Waals surface area contributed by atoms with Gasteiger partial charge in [0.15, 0.2) is 0 Å². The van der Waals surface area contributed by atoms with E-state index in [1.54, 1.807) is 77.4 Å². The second kappa shape index (κ2) is 16.7. The molecule has 308 valence electrons. The number of sulfonamides is 1. The van der Waals surface area contributed by atoms with Crippen molar-refractivity contribution in [2.45, 2.75) is 120 Å². The molecule has 0 spiro atoms. The molecule has 1 aromatic carbocycles. The maximum Gasteiger partial charge on any atom is 0.408 e. The topological polar surface area (TPSA) is 209 Å². The second-order valence-electron chi connectivity index (χ2n) is 16.0. The lowest BCUT2D eigenvalue weighted by Gasteiger charge is -2.31. The molecule has 2 aromatic rings. The number of amides is 4. The van der Waals surface area contributed by atoms with Crippen LogP contribution in [-0.2, 0) is 38.7 Å². The highest BCUT2D eigenvalue weighted by Crippen LogP contribution is 2.46. The molecule has 0 bridgehead atoms. The molecule has 4 aliphatic rings. The van der Waals surface area contributed by atoms with Crippen molar-refractivity contribution in [3.8, 4) is 11.6 Å². The van der Waals surface area contributed by atoms with Gasteiger partial charge in [-0.05, 0) is 102 Å². The van der Waals surface area contributed by atoms with Crippen LogP contribution in [0.25, 0.3) is 10.8 Å². The minimum absolute atomic E-state index is 0.0205. The van der Waals surface area contributed by atoms with Crippen LogP contribution in [0.1, 0.15) is 79.1 Å².